The van der Waals surface area contributed by atoms with E-state index in [9.17, 15) is 0 Å². The molecule has 0 aromatic heterocycles. The van der Waals surface area contributed by atoms with Gasteiger partial charge in [0.25, 0.3) is 11.4 Å². The van der Waals surface area contributed by atoms with Crippen LogP contribution < -0.4 is 11.5 Å². The summed E-state index contributed by atoms with van der Waals surface area (Å²) < 4.78 is 22.8. The quantitative estimate of drug-likeness (QED) is 0.352. The number of hydrogen-bond donors (Lipinski definition) is 4. The molecule has 68 valence electrons. The average molecular weight is 190 g/mol. The predicted octanol–water partition coefficient (Wildman–Crippen LogP) is 0.532. The summed E-state index contributed by atoms with van der Waals surface area (Å²) in [7, 11) is 0. The van der Waals surface area contributed by atoms with E-state index in [4.69, 9.17) is 24.8 Å². The molecule has 0 fully saturated rings. The molecule has 0 aliphatic rings. The molecule has 1 rings (SSSR count). The van der Waals surface area contributed by atoms with Gasteiger partial charge in [-0.2, -0.15) is 4.21 Å². The molecule has 0 saturated heterocycles. The van der Waals surface area contributed by atoms with Gasteiger partial charge in [-0.25, -0.2) is 0 Å². The number of benzene rings is 1. The fourth-order valence-corrected chi connectivity index (χ4v) is 0.496. The molecule has 0 amide bonds. The first-order valence-electron chi connectivity index (χ1n) is 2.93. The molecule has 0 bridgehead atoms. The molecule has 1 aromatic carbocycles. The third-order valence-corrected chi connectivity index (χ3v) is 0.936. The van der Waals surface area contributed by atoms with Crippen molar-refractivity contribution >= 4 is 22.7 Å². The van der Waals surface area contributed by atoms with Crippen molar-refractivity contribution in [3.63, 3.8) is 0 Å². The van der Waals surface area contributed by atoms with E-state index in [0.29, 0.717) is 0 Å². The van der Waals surface area contributed by atoms with Gasteiger partial charge in [-0.15, -0.1) is 0 Å². The van der Waals surface area contributed by atoms with Crippen LogP contribution in [0.2, 0.25) is 0 Å². The van der Waals surface area contributed by atoms with E-state index in [-0.39, 0.29) is 0 Å². The molecule has 0 aliphatic carbocycles. The molecule has 0 unspecified atom stereocenters. The van der Waals surface area contributed by atoms with Crippen molar-refractivity contribution in [3.05, 3.63) is 24.3 Å². The number of nitrogens with two attached hydrogens (primary N) is 2. The van der Waals surface area contributed by atoms with Crippen molar-refractivity contribution in [1.82, 2.24) is 0 Å². The zero-order chi connectivity index (χ0) is 9.56. The number of rotatable bonds is 0. The van der Waals surface area contributed by atoms with E-state index in [1.165, 1.54) is 0 Å². The highest BCUT2D eigenvalue weighted by Crippen LogP contribution is 2.04. The zero-order valence-electron chi connectivity index (χ0n) is 6.18. The Bertz CT molecular complexity index is 224. The molecule has 12 heavy (non-hydrogen) atoms. The lowest BCUT2D eigenvalue weighted by molar-refractivity contribution is 0.454. The first-order valence-corrected chi connectivity index (χ1v) is 3.99. The van der Waals surface area contributed by atoms with E-state index < -0.39 is 11.4 Å². The van der Waals surface area contributed by atoms with E-state index in [1.54, 1.807) is 24.3 Å². The molecule has 0 spiro atoms. The fraction of sp³-hybridized carbons (Fsp3) is 0. The maximum Gasteiger partial charge on any atom is 0.299 e. The normalized spacial score (nSPS) is 8.92. The monoisotopic (exact) mass is 190 g/mol. The number of anilines is 2. The fourth-order valence-electron chi connectivity index (χ4n) is 0.496. The summed E-state index contributed by atoms with van der Waals surface area (Å²) in [6, 6.07) is 7.09. The molecule has 6 N–H and O–H groups in total. The Kier molecular flexibility index (Phi) is 5.02. The van der Waals surface area contributed by atoms with Crippen LogP contribution in [0.3, 0.4) is 0 Å². The largest absolute Gasteiger partial charge is 0.399 e. The van der Waals surface area contributed by atoms with E-state index >= 15 is 0 Å². The molecule has 5 nitrogen and oxygen atoms in total. The van der Waals surface area contributed by atoms with E-state index in [2.05, 4.69) is 0 Å². The molecule has 0 aliphatic heterocycles. The maximum absolute atomic E-state index is 8.67. The van der Waals surface area contributed by atoms with Crippen LogP contribution in [0, 0.1) is 0 Å². The van der Waals surface area contributed by atoms with E-state index in [0.717, 1.165) is 11.4 Å². The smallest absolute Gasteiger partial charge is 0.299 e. The van der Waals surface area contributed by atoms with Crippen LogP contribution >= 0.6 is 0 Å². The molecule has 0 saturated carbocycles. The summed E-state index contributed by atoms with van der Waals surface area (Å²) in [6.07, 6.45) is 0. The molecular weight excluding hydrogens is 180 g/mol. The summed E-state index contributed by atoms with van der Waals surface area (Å²) in [5.74, 6) is 0. The van der Waals surface area contributed by atoms with Crippen LogP contribution in [-0.2, 0) is 11.4 Å². The van der Waals surface area contributed by atoms with Crippen LogP contribution in [0.15, 0.2) is 24.3 Å². The van der Waals surface area contributed by atoms with Crippen molar-refractivity contribution in [2.24, 2.45) is 0 Å². The summed E-state index contributed by atoms with van der Waals surface area (Å²) in [5.41, 5.74) is 12.2. The van der Waals surface area contributed by atoms with Crippen LogP contribution in [-0.4, -0.2) is 13.3 Å². The zero-order valence-corrected chi connectivity index (χ0v) is 6.99. The van der Waals surface area contributed by atoms with Gasteiger partial charge in [-0.05, 0) is 24.3 Å². The van der Waals surface area contributed by atoms with Crippen LogP contribution in [0.5, 0.6) is 0 Å². The van der Waals surface area contributed by atoms with Gasteiger partial charge in [0.2, 0.25) is 0 Å². The van der Waals surface area contributed by atoms with Crippen molar-refractivity contribution in [2.75, 3.05) is 11.5 Å². The third kappa shape index (κ3) is 7.00. The summed E-state index contributed by atoms with van der Waals surface area (Å²) in [5, 5.41) is 0. The Morgan fingerprint density at radius 2 is 1.17 bits per heavy atom. The van der Waals surface area contributed by atoms with Gasteiger partial charge in [0.15, 0.2) is 0 Å². The second-order valence-corrected chi connectivity index (χ2v) is 2.36. The van der Waals surface area contributed by atoms with Crippen LogP contribution in [0.4, 0.5) is 11.4 Å². The first kappa shape index (κ1) is 10.9. The predicted molar refractivity (Wildman–Crippen MR) is 48.7 cm³/mol. The minimum atomic E-state index is -2.61. The molecular formula is C6H10N2O3S. The summed E-state index contributed by atoms with van der Waals surface area (Å²) in [6.45, 7) is 0. The SMILES string of the molecule is Nc1ccc(N)cc1.O=S(O)O. The number of nitrogen functional groups attached to an aromatic ring is 2. The first-order chi connectivity index (χ1) is 5.52. The minimum absolute atomic E-state index is 0.749. The van der Waals surface area contributed by atoms with Gasteiger partial charge < -0.3 is 11.5 Å². The highest BCUT2D eigenvalue weighted by molar-refractivity contribution is 7.73. The van der Waals surface area contributed by atoms with Gasteiger partial charge in [0.05, 0.1) is 0 Å². The minimum Gasteiger partial charge on any atom is -0.399 e. The Morgan fingerprint density at radius 3 is 1.33 bits per heavy atom. The van der Waals surface area contributed by atoms with Crippen molar-refractivity contribution in [1.29, 1.82) is 0 Å². The van der Waals surface area contributed by atoms with Crippen molar-refractivity contribution < 1.29 is 13.3 Å². The summed E-state index contributed by atoms with van der Waals surface area (Å²) in [4.78, 5) is 0. The lowest BCUT2D eigenvalue weighted by atomic mass is 10.3. The Balaban J connectivity index is 0.000000261. The standard InChI is InChI=1S/C6H8N2.H2O3S/c7-5-1-2-6(8)4-3-5;1-4(2)3/h1-4H,7-8H2;(H2,1,2,3). The number of hydrogen-bond acceptors (Lipinski definition) is 3. The van der Waals surface area contributed by atoms with E-state index in [1.807, 2.05) is 0 Å². The molecule has 1 aromatic rings. The molecule has 6 heteroatoms. The Morgan fingerprint density at radius 1 is 1.00 bits per heavy atom. The Hall–Kier alpha value is -1.11. The Labute approximate surface area is 72.5 Å². The molecule has 0 atom stereocenters. The van der Waals surface area contributed by atoms with Gasteiger partial charge in [-0.1, -0.05) is 0 Å². The van der Waals surface area contributed by atoms with Crippen LogP contribution in [0.1, 0.15) is 0 Å². The maximum atomic E-state index is 8.67. The second kappa shape index (κ2) is 5.53. The van der Waals surface area contributed by atoms with Gasteiger partial charge in [0, 0.05) is 11.4 Å². The molecule has 0 heterocycles. The van der Waals surface area contributed by atoms with Crippen molar-refractivity contribution in [2.45, 2.75) is 0 Å². The van der Waals surface area contributed by atoms with Crippen LogP contribution in [0.25, 0.3) is 0 Å². The van der Waals surface area contributed by atoms with Gasteiger partial charge >= 0.3 is 0 Å². The van der Waals surface area contributed by atoms with Crippen molar-refractivity contribution in [3.8, 4) is 0 Å². The lowest BCUT2D eigenvalue weighted by Crippen LogP contribution is -1.86. The highest BCUT2D eigenvalue weighted by atomic mass is 32.2. The van der Waals surface area contributed by atoms with Gasteiger partial charge in [-0.3, -0.25) is 9.11 Å². The summed E-state index contributed by atoms with van der Waals surface area (Å²) >= 11 is -2.61. The topological polar surface area (TPSA) is 110 Å². The van der Waals surface area contributed by atoms with Gasteiger partial charge in [0.1, 0.15) is 0 Å². The molecule has 0 radical (unpaired) electrons. The highest BCUT2D eigenvalue weighted by Gasteiger charge is 1.80. The second-order valence-electron chi connectivity index (χ2n) is 1.90. The lowest BCUT2D eigenvalue weighted by Gasteiger charge is -1.90. The third-order valence-electron chi connectivity index (χ3n) is 0.936. The average Bonchev–Trinajstić information content (AvgIpc) is 1.94.